The van der Waals surface area contributed by atoms with Crippen LogP contribution in [0.1, 0.15) is 71.1 Å². The van der Waals surface area contributed by atoms with E-state index in [0.717, 1.165) is 58.0 Å². The standard InChI is InChI=1S/C31H49N3O3/c1-2-3-4-5-6-7-8-9-10-11-12-13-14-15-16-17-18-19-20-21-31(36)33-23-22-29(28-30(32)35)34-24-26-37-27-25-34/h3-4,6-7,9-10,12-13,15-16,18-19,29H,2,5,8,11,14,17,20-28H2,1H3,(H2,32,35)(H,33,36)/b4-3-,7-6-,10-9-,13-12-,16-15-,19-18-. The summed E-state index contributed by atoms with van der Waals surface area (Å²) in [5.41, 5.74) is 5.41. The number of primary amides is 1. The summed E-state index contributed by atoms with van der Waals surface area (Å²) in [4.78, 5) is 25.7. The number of allylic oxidation sites excluding steroid dienone is 12. The van der Waals surface area contributed by atoms with Crippen LogP contribution >= 0.6 is 0 Å². The molecule has 1 saturated heterocycles. The Kier molecular flexibility index (Phi) is 20.7. The van der Waals surface area contributed by atoms with Crippen molar-refractivity contribution >= 4 is 11.8 Å². The van der Waals surface area contributed by atoms with Gasteiger partial charge in [-0.1, -0.05) is 79.8 Å². The number of nitrogens with two attached hydrogens (primary N) is 1. The zero-order chi connectivity index (χ0) is 26.8. The highest BCUT2D eigenvalue weighted by Crippen LogP contribution is 2.11. The van der Waals surface area contributed by atoms with Gasteiger partial charge in [0.05, 0.1) is 13.2 Å². The van der Waals surface area contributed by atoms with Gasteiger partial charge in [-0.05, 0) is 51.4 Å². The fourth-order valence-corrected chi connectivity index (χ4v) is 3.91. The maximum atomic E-state index is 12.1. The first kappa shape index (κ1) is 32.3. The van der Waals surface area contributed by atoms with E-state index in [0.29, 0.717) is 39.0 Å². The van der Waals surface area contributed by atoms with Gasteiger partial charge < -0.3 is 15.8 Å². The van der Waals surface area contributed by atoms with Gasteiger partial charge in [0.15, 0.2) is 0 Å². The number of hydrogen-bond acceptors (Lipinski definition) is 4. The third-order valence-corrected chi connectivity index (χ3v) is 5.93. The topological polar surface area (TPSA) is 84.7 Å². The Morgan fingerprint density at radius 1 is 0.811 bits per heavy atom. The molecule has 0 bridgehead atoms. The molecule has 1 atom stereocenters. The highest BCUT2D eigenvalue weighted by molar-refractivity contribution is 5.76. The lowest BCUT2D eigenvalue weighted by Gasteiger charge is -2.34. The van der Waals surface area contributed by atoms with Gasteiger partial charge in [-0.25, -0.2) is 0 Å². The summed E-state index contributed by atoms with van der Waals surface area (Å²) >= 11 is 0. The van der Waals surface area contributed by atoms with E-state index in [9.17, 15) is 9.59 Å². The zero-order valence-electron chi connectivity index (χ0n) is 22.9. The molecule has 0 radical (unpaired) electrons. The predicted octanol–water partition coefficient (Wildman–Crippen LogP) is 5.55. The van der Waals surface area contributed by atoms with Crippen molar-refractivity contribution in [2.45, 2.75) is 77.2 Å². The first-order valence-corrected chi connectivity index (χ1v) is 13.9. The maximum absolute atomic E-state index is 12.1. The monoisotopic (exact) mass is 511 g/mol. The molecule has 1 unspecified atom stereocenters. The first-order valence-electron chi connectivity index (χ1n) is 13.9. The normalized spacial score (nSPS) is 16.4. The number of carbonyl (C=O) groups excluding carboxylic acids is 2. The van der Waals surface area contributed by atoms with Crippen LogP contribution in [0, 0.1) is 0 Å². The highest BCUT2D eigenvalue weighted by atomic mass is 16.5. The SMILES string of the molecule is CC/C=C\C/C=C\C/C=C\C/C=C\C/C=C\C/C=C\CCC(=O)NCCC(CC(N)=O)N1CCOCC1. The maximum Gasteiger partial charge on any atom is 0.220 e. The number of ether oxygens (including phenoxy) is 1. The van der Waals surface area contributed by atoms with Gasteiger partial charge in [0.1, 0.15) is 0 Å². The second-order valence-electron chi connectivity index (χ2n) is 9.07. The van der Waals surface area contributed by atoms with Gasteiger partial charge in [0.2, 0.25) is 11.8 Å². The number of morpholine rings is 1. The van der Waals surface area contributed by atoms with Crippen molar-refractivity contribution in [2.24, 2.45) is 5.73 Å². The molecule has 3 N–H and O–H groups in total. The Morgan fingerprint density at radius 3 is 1.78 bits per heavy atom. The molecule has 1 aliphatic rings. The van der Waals surface area contributed by atoms with E-state index in [1.54, 1.807) is 0 Å². The van der Waals surface area contributed by atoms with Gasteiger partial charge >= 0.3 is 0 Å². The van der Waals surface area contributed by atoms with Crippen molar-refractivity contribution in [2.75, 3.05) is 32.8 Å². The number of amides is 2. The van der Waals surface area contributed by atoms with Crippen LogP contribution in [0.25, 0.3) is 0 Å². The first-order chi connectivity index (χ1) is 18.1. The number of rotatable bonds is 20. The largest absolute Gasteiger partial charge is 0.379 e. The van der Waals surface area contributed by atoms with Crippen LogP contribution in [0.4, 0.5) is 0 Å². The summed E-state index contributed by atoms with van der Waals surface area (Å²) in [6.45, 7) is 5.65. The van der Waals surface area contributed by atoms with E-state index in [-0.39, 0.29) is 17.9 Å². The Bertz CT molecular complexity index is 775. The number of nitrogens with one attached hydrogen (secondary N) is 1. The molecule has 1 heterocycles. The lowest BCUT2D eigenvalue weighted by Crippen LogP contribution is -2.46. The molecule has 1 fully saturated rings. The van der Waals surface area contributed by atoms with Crippen molar-refractivity contribution in [3.05, 3.63) is 72.9 Å². The van der Waals surface area contributed by atoms with Crippen LogP contribution in [0.15, 0.2) is 72.9 Å². The summed E-state index contributed by atoms with van der Waals surface area (Å²) in [6.07, 6.45) is 34.2. The number of hydrogen-bond donors (Lipinski definition) is 2. The Hall–Kier alpha value is -2.70. The third kappa shape index (κ3) is 20.1. The molecule has 0 saturated carbocycles. The second-order valence-corrected chi connectivity index (χ2v) is 9.07. The lowest BCUT2D eigenvalue weighted by atomic mass is 10.1. The molecular formula is C31H49N3O3. The van der Waals surface area contributed by atoms with E-state index < -0.39 is 0 Å². The minimum Gasteiger partial charge on any atom is -0.379 e. The smallest absolute Gasteiger partial charge is 0.220 e. The summed E-state index contributed by atoms with van der Waals surface area (Å²) in [5, 5.41) is 2.97. The predicted molar refractivity (Wildman–Crippen MR) is 155 cm³/mol. The molecule has 1 aliphatic heterocycles. The summed E-state index contributed by atoms with van der Waals surface area (Å²) < 4.78 is 5.38. The molecule has 37 heavy (non-hydrogen) atoms. The minimum absolute atomic E-state index is 0.0410. The van der Waals surface area contributed by atoms with Crippen molar-refractivity contribution in [1.82, 2.24) is 10.2 Å². The quantitative estimate of drug-likeness (QED) is 0.210. The summed E-state index contributed by atoms with van der Waals surface area (Å²) in [6, 6.07) is 0.0602. The Morgan fingerprint density at radius 2 is 1.30 bits per heavy atom. The molecule has 0 aromatic rings. The van der Waals surface area contributed by atoms with Crippen LogP contribution in [-0.4, -0.2) is 55.6 Å². The number of carbonyl (C=O) groups is 2. The van der Waals surface area contributed by atoms with Gasteiger partial charge in [-0.3, -0.25) is 14.5 Å². The van der Waals surface area contributed by atoms with Crippen LogP contribution in [0.2, 0.25) is 0 Å². The van der Waals surface area contributed by atoms with Gasteiger partial charge in [-0.15, -0.1) is 0 Å². The van der Waals surface area contributed by atoms with Gasteiger partial charge in [0, 0.05) is 38.5 Å². The van der Waals surface area contributed by atoms with Crippen LogP contribution in [0.3, 0.4) is 0 Å². The molecule has 2 amide bonds. The Labute approximate surface area is 225 Å². The molecule has 1 rings (SSSR count). The van der Waals surface area contributed by atoms with Crippen molar-refractivity contribution in [3.8, 4) is 0 Å². The second kappa shape index (κ2) is 23.7. The van der Waals surface area contributed by atoms with E-state index in [2.05, 4.69) is 90.1 Å². The molecular weight excluding hydrogens is 462 g/mol. The van der Waals surface area contributed by atoms with Crippen molar-refractivity contribution < 1.29 is 14.3 Å². The number of nitrogens with zero attached hydrogens (tertiary/aromatic N) is 1. The molecule has 0 aromatic heterocycles. The fourth-order valence-electron chi connectivity index (χ4n) is 3.91. The van der Waals surface area contributed by atoms with Gasteiger partial charge in [-0.2, -0.15) is 0 Å². The van der Waals surface area contributed by atoms with E-state index in [1.807, 2.05) is 0 Å². The zero-order valence-corrected chi connectivity index (χ0v) is 22.9. The molecule has 0 spiro atoms. The highest BCUT2D eigenvalue weighted by Gasteiger charge is 2.22. The summed E-state index contributed by atoms with van der Waals surface area (Å²) in [7, 11) is 0. The molecule has 6 nitrogen and oxygen atoms in total. The van der Waals surface area contributed by atoms with Crippen LogP contribution in [-0.2, 0) is 14.3 Å². The van der Waals surface area contributed by atoms with E-state index >= 15 is 0 Å². The van der Waals surface area contributed by atoms with Crippen LogP contribution < -0.4 is 11.1 Å². The lowest BCUT2D eigenvalue weighted by molar-refractivity contribution is -0.121. The van der Waals surface area contributed by atoms with E-state index in [1.165, 1.54) is 0 Å². The van der Waals surface area contributed by atoms with Crippen molar-refractivity contribution in [1.29, 1.82) is 0 Å². The van der Waals surface area contributed by atoms with Crippen molar-refractivity contribution in [3.63, 3.8) is 0 Å². The van der Waals surface area contributed by atoms with Gasteiger partial charge in [0.25, 0.3) is 0 Å². The Balaban J connectivity index is 2.05. The summed E-state index contributed by atoms with van der Waals surface area (Å²) in [5.74, 6) is -0.264. The fraction of sp³-hybridized carbons (Fsp3) is 0.548. The average Bonchev–Trinajstić information content (AvgIpc) is 2.89. The molecule has 6 heteroatoms. The third-order valence-electron chi connectivity index (χ3n) is 5.93. The molecule has 206 valence electrons. The molecule has 0 aromatic carbocycles. The van der Waals surface area contributed by atoms with E-state index in [4.69, 9.17) is 10.5 Å². The average molecular weight is 512 g/mol. The molecule has 0 aliphatic carbocycles. The van der Waals surface area contributed by atoms with Crippen LogP contribution in [0.5, 0.6) is 0 Å². The minimum atomic E-state index is -0.305.